The van der Waals surface area contributed by atoms with Gasteiger partial charge in [-0.15, -0.1) is 0 Å². The van der Waals surface area contributed by atoms with E-state index in [-0.39, 0.29) is 0 Å². The molecule has 0 aliphatic heterocycles. The molecule has 2 aromatic rings. The lowest BCUT2D eigenvalue weighted by Crippen LogP contribution is -2.04. The number of aryl methyl sites for hydroxylation is 1. The fraction of sp³-hybridized carbons (Fsp3) is 0.231. The van der Waals surface area contributed by atoms with E-state index in [1.54, 1.807) is 12.1 Å². The normalized spacial score (nSPS) is 10.4. The summed E-state index contributed by atoms with van der Waals surface area (Å²) in [4.78, 5) is 19.0. The van der Waals surface area contributed by atoms with E-state index in [9.17, 15) is 4.79 Å². The summed E-state index contributed by atoms with van der Waals surface area (Å²) in [5.74, 6) is 0.215. The monoisotopic (exact) mass is 264 g/mol. The Morgan fingerprint density at radius 3 is 2.61 bits per heavy atom. The van der Waals surface area contributed by atoms with Crippen molar-refractivity contribution in [3.05, 3.63) is 40.7 Å². The molecule has 1 aromatic heterocycles. The molecule has 1 N–H and O–H groups in total. The molecule has 5 heteroatoms. The highest BCUT2D eigenvalue weighted by molar-refractivity contribution is 6.30. The summed E-state index contributed by atoms with van der Waals surface area (Å²) in [6, 6.07) is 7.26. The van der Waals surface area contributed by atoms with Gasteiger partial charge in [-0.25, -0.2) is 9.78 Å². The molecule has 0 spiro atoms. The van der Waals surface area contributed by atoms with Crippen LogP contribution in [0, 0.1) is 0 Å². The molecular weight excluding hydrogens is 252 g/mol. The molecule has 18 heavy (non-hydrogen) atoms. The van der Waals surface area contributed by atoms with Crippen molar-refractivity contribution < 1.29 is 9.53 Å². The van der Waals surface area contributed by atoms with Gasteiger partial charge in [-0.2, -0.15) is 0 Å². The number of nitrogens with zero attached hydrogens (tertiary/aromatic N) is 1. The molecule has 0 aliphatic rings. The Morgan fingerprint density at radius 2 is 2.06 bits per heavy atom. The molecule has 0 atom stereocenters. The number of ether oxygens (including phenoxy) is 1. The minimum Gasteiger partial charge on any atom is -0.464 e. The maximum Gasteiger partial charge on any atom is 0.358 e. The van der Waals surface area contributed by atoms with Crippen molar-refractivity contribution in [2.75, 3.05) is 7.11 Å². The number of rotatable bonds is 3. The number of benzene rings is 1. The first-order valence-electron chi connectivity index (χ1n) is 5.58. The first kappa shape index (κ1) is 12.6. The van der Waals surface area contributed by atoms with Crippen molar-refractivity contribution in [1.29, 1.82) is 0 Å². The van der Waals surface area contributed by atoms with Gasteiger partial charge in [0.2, 0.25) is 0 Å². The van der Waals surface area contributed by atoms with Crippen LogP contribution in [-0.4, -0.2) is 23.0 Å². The van der Waals surface area contributed by atoms with Gasteiger partial charge in [0, 0.05) is 16.3 Å². The lowest BCUT2D eigenvalue weighted by Gasteiger charge is -1.96. The predicted octanol–water partition coefficient (Wildman–Crippen LogP) is 3.08. The first-order chi connectivity index (χ1) is 8.65. The Bertz CT molecular complexity index is 561. The third kappa shape index (κ3) is 2.38. The number of carbonyl (C=O) groups excluding carboxylic acids is 1. The Kier molecular flexibility index (Phi) is 3.67. The van der Waals surface area contributed by atoms with Crippen LogP contribution in [0.4, 0.5) is 0 Å². The van der Waals surface area contributed by atoms with E-state index < -0.39 is 5.97 Å². The van der Waals surface area contributed by atoms with Crippen molar-refractivity contribution in [2.45, 2.75) is 13.3 Å². The van der Waals surface area contributed by atoms with Gasteiger partial charge in [-0.05, 0) is 30.7 Å². The molecule has 0 saturated carbocycles. The summed E-state index contributed by atoms with van der Waals surface area (Å²) in [6.45, 7) is 1.95. The molecule has 0 amide bonds. The lowest BCUT2D eigenvalue weighted by atomic mass is 10.2. The van der Waals surface area contributed by atoms with E-state index >= 15 is 0 Å². The quantitative estimate of drug-likeness (QED) is 0.867. The van der Waals surface area contributed by atoms with Gasteiger partial charge >= 0.3 is 5.97 Å². The molecule has 0 aliphatic carbocycles. The second-order valence-electron chi connectivity index (χ2n) is 3.76. The van der Waals surface area contributed by atoms with Crippen LogP contribution in [0.2, 0.25) is 5.02 Å². The van der Waals surface area contributed by atoms with E-state index in [0.29, 0.717) is 23.0 Å². The average Bonchev–Trinajstić information content (AvgIpc) is 2.82. The Balaban J connectivity index is 2.43. The van der Waals surface area contributed by atoms with Crippen molar-refractivity contribution >= 4 is 17.6 Å². The van der Waals surface area contributed by atoms with Crippen LogP contribution in [0.5, 0.6) is 0 Å². The van der Waals surface area contributed by atoms with Crippen LogP contribution >= 0.6 is 11.6 Å². The second kappa shape index (κ2) is 5.23. The van der Waals surface area contributed by atoms with E-state index in [0.717, 1.165) is 11.3 Å². The molecule has 4 nitrogen and oxygen atoms in total. The van der Waals surface area contributed by atoms with Gasteiger partial charge in [-0.1, -0.05) is 18.5 Å². The van der Waals surface area contributed by atoms with Gasteiger partial charge < -0.3 is 9.72 Å². The number of imidazole rings is 1. The highest BCUT2D eigenvalue weighted by Gasteiger charge is 2.17. The van der Waals surface area contributed by atoms with Crippen molar-refractivity contribution in [1.82, 2.24) is 9.97 Å². The van der Waals surface area contributed by atoms with E-state index in [1.165, 1.54) is 7.11 Å². The van der Waals surface area contributed by atoms with Crippen LogP contribution in [0.1, 0.15) is 23.1 Å². The van der Waals surface area contributed by atoms with E-state index in [1.807, 2.05) is 19.1 Å². The molecule has 0 radical (unpaired) electrons. The average molecular weight is 265 g/mol. The molecule has 0 bridgehead atoms. The standard InChI is InChI=1S/C13H13ClN2O2/c1-3-10-11(13(17)18-2)16-12(15-10)8-4-6-9(14)7-5-8/h4-7H,3H2,1-2H3,(H,15,16). The molecule has 2 rings (SSSR count). The molecular formula is C13H13ClN2O2. The van der Waals surface area contributed by atoms with E-state index in [2.05, 4.69) is 9.97 Å². The zero-order valence-corrected chi connectivity index (χ0v) is 10.9. The Hall–Kier alpha value is -1.81. The van der Waals surface area contributed by atoms with E-state index in [4.69, 9.17) is 16.3 Å². The summed E-state index contributed by atoms with van der Waals surface area (Å²) in [5.41, 5.74) is 1.99. The number of H-pyrrole nitrogens is 1. The lowest BCUT2D eigenvalue weighted by molar-refractivity contribution is 0.0593. The van der Waals surface area contributed by atoms with Crippen molar-refractivity contribution in [3.8, 4) is 11.4 Å². The largest absolute Gasteiger partial charge is 0.464 e. The number of esters is 1. The molecule has 0 unspecified atom stereocenters. The summed E-state index contributed by atoms with van der Waals surface area (Å²) < 4.78 is 4.70. The van der Waals surface area contributed by atoms with Crippen LogP contribution in [0.3, 0.4) is 0 Å². The first-order valence-corrected chi connectivity index (χ1v) is 5.96. The Labute approximate surface area is 110 Å². The fourth-order valence-corrected chi connectivity index (χ4v) is 1.80. The molecule has 94 valence electrons. The van der Waals surface area contributed by atoms with Gasteiger partial charge in [0.1, 0.15) is 5.82 Å². The van der Waals surface area contributed by atoms with Gasteiger partial charge in [0.05, 0.1) is 7.11 Å². The zero-order valence-electron chi connectivity index (χ0n) is 10.2. The minimum absolute atomic E-state index is 0.338. The summed E-state index contributed by atoms with van der Waals surface area (Å²) in [7, 11) is 1.35. The summed E-state index contributed by atoms with van der Waals surface area (Å²) >= 11 is 5.83. The van der Waals surface area contributed by atoms with Crippen LogP contribution in [0.15, 0.2) is 24.3 Å². The third-order valence-corrected chi connectivity index (χ3v) is 2.88. The number of hydrogen-bond acceptors (Lipinski definition) is 3. The second-order valence-corrected chi connectivity index (χ2v) is 4.20. The van der Waals surface area contributed by atoms with Gasteiger partial charge in [0.15, 0.2) is 5.69 Å². The number of hydrogen-bond donors (Lipinski definition) is 1. The Morgan fingerprint density at radius 1 is 1.39 bits per heavy atom. The highest BCUT2D eigenvalue weighted by Crippen LogP contribution is 2.21. The number of aromatic nitrogens is 2. The highest BCUT2D eigenvalue weighted by atomic mass is 35.5. The van der Waals surface area contributed by atoms with Gasteiger partial charge in [-0.3, -0.25) is 0 Å². The number of aromatic amines is 1. The SMILES string of the molecule is CCc1[nH]c(-c2ccc(Cl)cc2)nc1C(=O)OC. The van der Waals surface area contributed by atoms with Crippen LogP contribution < -0.4 is 0 Å². The maximum absolute atomic E-state index is 11.6. The number of carbonyl (C=O) groups is 1. The fourth-order valence-electron chi connectivity index (χ4n) is 1.68. The van der Waals surface area contributed by atoms with Crippen molar-refractivity contribution in [3.63, 3.8) is 0 Å². The van der Waals surface area contributed by atoms with Crippen LogP contribution in [-0.2, 0) is 11.2 Å². The maximum atomic E-state index is 11.6. The molecule has 1 aromatic carbocycles. The topological polar surface area (TPSA) is 55.0 Å². The molecule has 1 heterocycles. The molecule has 0 saturated heterocycles. The van der Waals surface area contributed by atoms with Gasteiger partial charge in [0.25, 0.3) is 0 Å². The van der Waals surface area contributed by atoms with Crippen molar-refractivity contribution in [2.24, 2.45) is 0 Å². The molecule has 0 fully saturated rings. The smallest absolute Gasteiger partial charge is 0.358 e. The minimum atomic E-state index is -0.427. The summed E-state index contributed by atoms with van der Waals surface area (Å²) in [6.07, 6.45) is 0.686. The summed E-state index contributed by atoms with van der Waals surface area (Å²) in [5, 5.41) is 0.661. The number of nitrogens with one attached hydrogen (secondary N) is 1. The number of methoxy groups -OCH3 is 1. The number of halogens is 1. The zero-order chi connectivity index (χ0) is 13.1. The van der Waals surface area contributed by atoms with Crippen LogP contribution in [0.25, 0.3) is 11.4 Å². The predicted molar refractivity (Wildman–Crippen MR) is 69.8 cm³/mol. The third-order valence-electron chi connectivity index (χ3n) is 2.63.